The average Bonchev–Trinajstić information content (AvgIpc) is 2.94. The number of aliphatic hydroxyl groups excluding tert-OH is 1. The van der Waals surface area contributed by atoms with Gasteiger partial charge in [-0.1, -0.05) is 117 Å². The molecule has 0 atom stereocenters. The monoisotopic (exact) mass is 556 g/mol. The second-order valence-electron chi connectivity index (χ2n) is 11.6. The van der Waals surface area contributed by atoms with Gasteiger partial charge in [0.05, 0.1) is 6.61 Å². The summed E-state index contributed by atoms with van der Waals surface area (Å²) in [5, 5.41) is 9.41. The molecule has 39 heavy (non-hydrogen) atoms. The molecule has 0 saturated heterocycles. The number of carbonyl (C=O) groups is 1. The SMILES string of the molecule is CCCCCCCCOC(CCCCCCCN(CCO)CCCCCCCC=O)OCCCCCCCC. The van der Waals surface area contributed by atoms with Gasteiger partial charge >= 0.3 is 0 Å². The van der Waals surface area contributed by atoms with E-state index >= 15 is 0 Å². The molecule has 0 aliphatic carbocycles. The summed E-state index contributed by atoms with van der Waals surface area (Å²) in [6.45, 7) is 9.44. The molecule has 1 N–H and O–H groups in total. The lowest BCUT2D eigenvalue weighted by atomic mass is 10.1. The van der Waals surface area contributed by atoms with Crippen molar-refractivity contribution < 1.29 is 19.4 Å². The highest BCUT2D eigenvalue weighted by Gasteiger charge is 2.10. The normalized spacial score (nSPS) is 11.7. The molecule has 0 rings (SSSR count). The van der Waals surface area contributed by atoms with E-state index in [-0.39, 0.29) is 12.9 Å². The summed E-state index contributed by atoms with van der Waals surface area (Å²) in [6, 6.07) is 0. The van der Waals surface area contributed by atoms with E-state index in [0.717, 1.165) is 71.2 Å². The summed E-state index contributed by atoms with van der Waals surface area (Å²) in [5.74, 6) is 0. The van der Waals surface area contributed by atoms with Crippen LogP contribution in [-0.2, 0) is 14.3 Å². The first kappa shape index (κ1) is 38.5. The Kier molecular flexibility index (Phi) is 33.3. The van der Waals surface area contributed by atoms with E-state index in [1.54, 1.807) is 0 Å². The van der Waals surface area contributed by atoms with E-state index < -0.39 is 0 Å². The lowest BCUT2D eigenvalue weighted by molar-refractivity contribution is -0.148. The van der Waals surface area contributed by atoms with Crippen LogP contribution < -0.4 is 0 Å². The number of unbranched alkanes of at least 4 members (excludes halogenated alkanes) is 19. The van der Waals surface area contributed by atoms with Gasteiger partial charge in [0.2, 0.25) is 0 Å². The molecule has 0 aromatic heterocycles. The Labute approximate surface area is 244 Å². The van der Waals surface area contributed by atoms with Crippen LogP contribution in [0.3, 0.4) is 0 Å². The first-order chi connectivity index (χ1) is 19.3. The fourth-order valence-electron chi connectivity index (χ4n) is 5.16. The van der Waals surface area contributed by atoms with Crippen LogP contribution in [0.5, 0.6) is 0 Å². The number of rotatable bonds is 34. The molecule has 0 radical (unpaired) electrons. The van der Waals surface area contributed by atoms with Gasteiger partial charge in [-0.3, -0.25) is 0 Å². The highest BCUT2D eigenvalue weighted by atomic mass is 16.7. The van der Waals surface area contributed by atoms with Crippen molar-refractivity contribution in [2.75, 3.05) is 39.5 Å². The zero-order valence-corrected chi connectivity index (χ0v) is 26.5. The number of carbonyl (C=O) groups excluding carboxylic acids is 1. The second kappa shape index (κ2) is 33.7. The number of ether oxygens (including phenoxy) is 2. The van der Waals surface area contributed by atoms with E-state index in [1.165, 1.54) is 116 Å². The Morgan fingerprint density at radius 2 is 1.00 bits per heavy atom. The minimum Gasteiger partial charge on any atom is -0.395 e. The molecule has 0 aliphatic rings. The fourth-order valence-corrected chi connectivity index (χ4v) is 5.16. The van der Waals surface area contributed by atoms with Crippen molar-refractivity contribution in [2.24, 2.45) is 0 Å². The summed E-state index contributed by atoms with van der Waals surface area (Å²) in [7, 11) is 0. The number of nitrogens with zero attached hydrogens (tertiary/aromatic N) is 1. The lowest BCUT2D eigenvalue weighted by Gasteiger charge is -2.21. The number of hydrogen-bond donors (Lipinski definition) is 1. The summed E-state index contributed by atoms with van der Waals surface area (Å²) in [5.41, 5.74) is 0. The smallest absolute Gasteiger partial charge is 0.157 e. The molecular weight excluding hydrogens is 486 g/mol. The van der Waals surface area contributed by atoms with Gasteiger partial charge in [0.15, 0.2) is 6.29 Å². The van der Waals surface area contributed by atoms with Gasteiger partial charge < -0.3 is 24.3 Å². The zero-order valence-electron chi connectivity index (χ0n) is 26.5. The zero-order chi connectivity index (χ0) is 28.5. The molecule has 234 valence electrons. The average molecular weight is 556 g/mol. The minimum absolute atomic E-state index is 0.0187. The third-order valence-corrected chi connectivity index (χ3v) is 7.73. The standard InChI is InChI=1S/C34H69NO4/c1-3-5-7-9-18-24-32-38-34(39-33-25-19-10-8-6-4-2)26-20-14-13-16-22-28-35(29-31-37)27-21-15-11-12-17-23-30-36/h30,34,37H,3-29,31-33H2,1-2H3. The Hall–Kier alpha value is -0.490. The molecular formula is C34H69NO4. The van der Waals surface area contributed by atoms with Crippen molar-refractivity contribution in [3.05, 3.63) is 0 Å². The maximum Gasteiger partial charge on any atom is 0.157 e. The molecule has 5 heteroatoms. The van der Waals surface area contributed by atoms with Gasteiger partial charge in [-0.2, -0.15) is 0 Å². The van der Waals surface area contributed by atoms with Crippen LogP contribution >= 0.6 is 0 Å². The van der Waals surface area contributed by atoms with E-state index in [2.05, 4.69) is 18.7 Å². The fraction of sp³-hybridized carbons (Fsp3) is 0.971. The highest BCUT2D eigenvalue weighted by Crippen LogP contribution is 2.14. The molecule has 0 heterocycles. The maximum atomic E-state index is 10.4. The van der Waals surface area contributed by atoms with Crippen molar-refractivity contribution in [1.29, 1.82) is 0 Å². The largest absolute Gasteiger partial charge is 0.395 e. The first-order valence-electron chi connectivity index (χ1n) is 17.3. The topological polar surface area (TPSA) is 59.0 Å². The predicted molar refractivity (Wildman–Crippen MR) is 167 cm³/mol. The molecule has 0 saturated carbocycles. The number of hydrogen-bond acceptors (Lipinski definition) is 5. The molecule has 0 aromatic carbocycles. The minimum atomic E-state index is -0.0187. The van der Waals surface area contributed by atoms with Gasteiger partial charge in [0.1, 0.15) is 6.29 Å². The maximum absolute atomic E-state index is 10.4. The van der Waals surface area contributed by atoms with Crippen molar-refractivity contribution in [2.45, 2.75) is 174 Å². The van der Waals surface area contributed by atoms with E-state index in [9.17, 15) is 9.90 Å². The third-order valence-electron chi connectivity index (χ3n) is 7.73. The first-order valence-corrected chi connectivity index (χ1v) is 17.3. The van der Waals surface area contributed by atoms with Crippen molar-refractivity contribution in [1.82, 2.24) is 4.90 Å². The van der Waals surface area contributed by atoms with Gasteiger partial charge in [-0.25, -0.2) is 0 Å². The van der Waals surface area contributed by atoms with Crippen LogP contribution in [0.25, 0.3) is 0 Å². The summed E-state index contributed by atoms with van der Waals surface area (Å²) in [6.07, 6.45) is 30.3. The van der Waals surface area contributed by atoms with Crippen LogP contribution in [0.1, 0.15) is 168 Å². The number of aldehydes is 1. The van der Waals surface area contributed by atoms with E-state index in [0.29, 0.717) is 6.42 Å². The second-order valence-corrected chi connectivity index (χ2v) is 11.6. The van der Waals surface area contributed by atoms with Crippen LogP contribution in [0.2, 0.25) is 0 Å². The third kappa shape index (κ3) is 30.3. The van der Waals surface area contributed by atoms with Gasteiger partial charge in [0.25, 0.3) is 0 Å². The number of aliphatic hydroxyl groups is 1. The van der Waals surface area contributed by atoms with Gasteiger partial charge in [0, 0.05) is 26.2 Å². The molecule has 0 unspecified atom stereocenters. The molecule has 0 spiro atoms. The van der Waals surface area contributed by atoms with Crippen molar-refractivity contribution in [3.8, 4) is 0 Å². The van der Waals surface area contributed by atoms with Crippen molar-refractivity contribution >= 4 is 6.29 Å². The molecule has 5 nitrogen and oxygen atoms in total. The Morgan fingerprint density at radius 3 is 1.49 bits per heavy atom. The van der Waals surface area contributed by atoms with Crippen LogP contribution in [0.15, 0.2) is 0 Å². The highest BCUT2D eigenvalue weighted by molar-refractivity contribution is 5.48. The summed E-state index contributed by atoms with van der Waals surface area (Å²) < 4.78 is 12.4. The Balaban J connectivity index is 4.00. The Morgan fingerprint density at radius 1 is 0.564 bits per heavy atom. The van der Waals surface area contributed by atoms with Gasteiger partial charge in [-0.05, 0) is 58.0 Å². The van der Waals surface area contributed by atoms with Crippen LogP contribution in [0.4, 0.5) is 0 Å². The van der Waals surface area contributed by atoms with Crippen LogP contribution in [-0.4, -0.2) is 62.0 Å². The molecule has 0 aromatic rings. The molecule has 0 bridgehead atoms. The van der Waals surface area contributed by atoms with E-state index in [1.807, 2.05) is 0 Å². The van der Waals surface area contributed by atoms with Crippen molar-refractivity contribution in [3.63, 3.8) is 0 Å². The molecule has 0 fully saturated rings. The van der Waals surface area contributed by atoms with Gasteiger partial charge in [-0.15, -0.1) is 0 Å². The summed E-state index contributed by atoms with van der Waals surface area (Å²) >= 11 is 0. The Bertz CT molecular complexity index is 444. The predicted octanol–water partition coefficient (Wildman–Crippen LogP) is 9.24. The van der Waals surface area contributed by atoms with Crippen LogP contribution in [0, 0.1) is 0 Å². The molecule has 0 aliphatic heterocycles. The summed E-state index contributed by atoms with van der Waals surface area (Å²) in [4.78, 5) is 12.8. The van der Waals surface area contributed by atoms with E-state index in [4.69, 9.17) is 9.47 Å². The lowest BCUT2D eigenvalue weighted by Crippen LogP contribution is -2.29. The quantitative estimate of drug-likeness (QED) is 0.0487. The molecule has 0 amide bonds.